The summed E-state index contributed by atoms with van der Waals surface area (Å²) in [6.07, 6.45) is 0.100. The Morgan fingerprint density at radius 3 is 3.05 bits per heavy atom. The Kier molecular flexibility index (Phi) is 3.42. The molecule has 104 valence electrons. The van der Waals surface area contributed by atoms with E-state index in [1.54, 1.807) is 0 Å². The van der Waals surface area contributed by atoms with Crippen molar-refractivity contribution in [3.8, 4) is 5.75 Å². The van der Waals surface area contributed by atoms with Crippen molar-refractivity contribution in [2.45, 2.75) is 25.5 Å². The van der Waals surface area contributed by atoms with Gasteiger partial charge in [-0.25, -0.2) is 4.98 Å². The Hall–Kier alpha value is -1.92. The van der Waals surface area contributed by atoms with Crippen LogP contribution in [0.15, 0.2) is 29.6 Å². The zero-order valence-corrected chi connectivity index (χ0v) is 11.8. The Labute approximate surface area is 120 Å². The molecule has 0 saturated carbocycles. The lowest BCUT2D eigenvalue weighted by Crippen LogP contribution is -2.31. The molecule has 0 fully saturated rings. The maximum absolute atomic E-state index is 12.2. The van der Waals surface area contributed by atoms with Gasteiger partial charge in [0.2, 0.25) is 0 Å². The molecule has 2 aromatic rings. The minimum atomic E-state index is -0.491. The van der Waals surface area contributed by atoms with E-state index in [9.17, 15) is 4.79 Å². The third-order valence-corrected chi connectivity index (χ3v) is 3.93. The number of nitrogens with two attached hydrogens (primary N) is 1. The van der Waals surface area contributed by atoms with Gasteiger partial charge < -0.3 is 10.5 Å². The molecule has 0 aliphatic carbocycles. The number of anilines is 1. The number of nitrogens with one attached hydrogen (secondary N) is 1. The first-order valence-electron chi connectivity index (χ1n) is 6.40. The molecule has 1 aromatic heterocycles. The van der Waals surface area contributed by atoms with Crippen LogP contribution in [0.5, 0.6) is 5.75 Å². The molecule has 1 amide bonds. The lowest BCUT2D eigenvalue weighted by molar-refractivity contribution is -0.122. The van der Waals surface area contributed by atoms with Gasteiger partial charge in [0.15, 0.2) is 11.2 Å². The number of nitrogens with zero attached hydrogens (tertiary/aromatic N) is 1. The van der Waals surface area contributed by atoms with Crippen molar-refractivity contribution < 1.29 is 9.53 Å². The number of para-hydroxylation sites is 1. The Bertz CT molecular complexity index is 614. The zero-order valence-electron chi connectivity index (χ0n) is 11.0. The van der Waals surface area contributed by atoms with Gasteiger partial charge >= 0.3 is 0 Å². The number of amides is 1. The Morgan fingerprint density at radius 2 is 2.35 bits per heavy atom. The number of hydrogen-bond donors (Lipinski definition) is 2. The van der Waals surface area contributed by atoms with Crippen molar-refractivity contribution in [1.29, 1.82) is 0 Å². The van der Waals surface area contributed by atoms with Gasteiger partial charge in [-0.15, -0.1) is 11.3 Å². The van der Waals surface area contributed by atoms with E-state index in [4.69, 9.17) is 10.5 Å². The van der Waals surface area contributed by atoms with Gasteiger partial charge in [0.05, 0.1) is 5.69 Å². The number of ether oxygens (including phenoxy) is 1. The number of carbonyl (C=O) groups is 1. The van der Waals surface area contributed by atoms with E-state index >= 15 is 0 Å². The average Bonchev–Trinajstić information content (AvgIpc) is 3.04. The first-order chi connectivity index (χ1) is 9.63. The molecule has 0 radical (unpaired) electrons. The third kappa shape index (κ3) is 2.52. The summed E-state index contributed by atoms with van der Waals surface area (Å²) in [5.74, 6) is 0.606. The van der Waals surface area contributed by atoms with E-state index in [2.05, 4.69) is 10.3 Å². The second-order valence-electron chi connectivity index (χ2n) is 4.77. The van der Waals surface area contributed by atoms with E-state index in [0.29, 0.717) is 11.6 Å². The molecule has 3 N–H and O–H groups in total. The number of aromatic nitrogens is 1. The van der Waals surface area contributed by atoms with Crippen LogP contribution in [0.3, 0.4) is 0 Å². The van der Waals surface area contributed by atoms with Crippen LogP contribution < -0.4 is 15.8 Å². The third-order valence-electron chi connectivity index (χ3n) is 3.16. The van der Waals surface area contributed by atoms with Crippen molar-refractivity contribution in [3.63, 3.8) is 0 Å². The smallest absolute Gasteiger partial charge is 0.267 e. The van der Waals surface area contributed by atoms with E-state index in [-0.39, 0.29) is 11.9 Å². The summed E-state index contributed by atoms with van der Waals surface area (Å²) < 4.78 is 5.64. The second-order valence-corrected chi connectivity index (χ2v) is 5.63. The SMILES string of the molecule is CC(N)c1csc(NC(=O)C2Cc3ccccc3O2)n1. The van der Waals surface area contributed by atoms with Crippen molar-refractivity contribution >= 4 is 22.4 Å². The quantitative estimate of drug-likeness (QED) is 0.907. The monoisotopic (exact) mass is 289 g/mol. The molecule has 3 rings (SSSR count). The molecule has 2 atom stereocenters. The van der Waals surface area contributed by atoms with Crippen LogP contribution in [0, 0.1) is 0 Å². The molecule has 0 saturated heterocycles. The molecule has 0 spiro atoms. The number of carbonyl (C=O) groups excluding carboxylic acids is 1. The minimum absolute atomic E-state index is 0.135. The number of fused-ring (bicyclic) bond motifs is 1. The largest absolute Gasteiger partial charge is 0.480 e. The average molecular weight is 289 g/mol. The van der Waals surface area contributed by atoms with Gasteiger partial charge in [-0.3, -0.25) is 10.1 Å². The molecule has 1 aliphatic rings. The molecule has 0 bridgehead atoms. The topological polar surface area (TPSA) is 77.2 Å². The summed E-state index contributed by atoms with van der Waals surface area (Å²) in [7, 11) is 0. The van der Waals surface area contributed by atoms with Crippen LogP contribution in [0.25, 0.3) is 0 Å². The summed E-state index contributed by atoms with van der Waals surface area (Å²) in [5.41, 5.74) is 7.58. The highest BCUT2D eigenvalue weighted by atomic mass is 32.1. The van der Waals surface area contributed by atoms with Crippen LogP contribution in [-0.2, 0) is 11.2 Å². The second kappa shape index (κ2) is 5.22. The Morgan fingerprint density at radius 1 is 1.55 bits per heavy atom. The highest BCUT2D eigenvalue weighted by molar-refractivity contribution is 7.13. The number of thiazole rings is 1. The zero-order chi connectivity index (χ0) is 14.1. The highest BCUT2D eigenvalue weighted by Crippen LogP contribution is 2.29. The van der Waals surface area contributed by atoms with Gasteiger partial charge in [-0.05, 0) is 18.6 Å². The van der Waals surface area contributed by atoms with E-state index in [1.807, 2.05) is 36.6 Å². The molecule has 5 nitrogen and oxygen atoms in total. The molecule has 1 aromatic carbocycles. The fraction of sp³-hybridized carbons (Fsp3) is 0.286. The van der Waals surface area contributed by atoms with E-state index in [0.717, 1.165) is 17.0 Å². The van der Waals surface area contributed by atoms with Gasteiger partial charge in [0, 0.05) is 17.8 Å². The summed E-state index contributed by atoms with van der Waals surface area (Å²) in [6.45, 7) is 1.86. The van der Waals surface area contributed by atoms with Crippen molar-refractivity contribution in [2.24, 2.45) is 5.73 Å². The van der Waals surface area contributed by atoms with Gasteiger partial charge in [-0.1, -0.05) is 18.2 Å². The molecule has 2 unspecified atom stereocenters. The van der Waals surface area contributed by atoms with E-state index in [1.165, 1.54) is 11.3 Å². The van der Waals surface area contributed by atoms with Gasteiger partial charge in [0.1, 0.15) is 5.75 Å². The Balaban J connectivity index is 1.66. The van der Waals surface area contributed by atoms with Crippen LogP contribution in [0.4, 0.5) is 5.13 Å². The predicted octanol–water partition coefficient (Wildman–Crippen LogP) is 2.10. The van der Waals surface area contributed by atoms with Crippen molar-refractivity contribution in [3.05, 3.63) is 40.9 Å². The standard InChI is InChI=1S/C14H15N3O2S/c1-8(15)10-7-20-14(16-10)17-13(18)12-6-9-4-2-3-5-11(9)19-12/h2-5,7-8,12H,6,15H2,1H3,(H,16,17,18). The number of hydrogen-bond acceptors (Lipinski definition) is 5. The molecule has 6 heteroatoms. The maximum Gasteiger partial charge on any atom is 0.267 e. The minimum Gasteiger partial charge on any atom is -0.480 e. The van der Waals surface area contributed by atoms with Crippen LogP contribution >= 0.6 is 11.3 Å². The highest BCUT2D eigenvalue weighted by Gasteiger charge is 2.29. The fourth-order valence-electron chi connectivity index (χ4n) is 2.07. The molecular formula is C14H15N3O2S. The van der Waals surface area contributed by atoms with Crippen molar-refractivity contribution in [2.75, 3.05) is 5.32 Å². The van der Waals surface area contributed by atoms with Crippen molar-refractivity contribution in [1.82, 2.24) is 4.98 Å². The first-order valence-corrected chi connectivity index (χ1v) is 7.28. The van der Waals surface area contributed by atoms with E-state index < -0.39 is 6.10 Å². The van der Waals surface area contributed by atoms with Crippen LogP contribution in [-0.4, -0.2) is 17.0 Å². The summed E-state index contributed by atoms with van der Waals surface area (Å²) in [4.78, 5) is 16.4. The van der Waals surface area contributed by atoms with Crippen LogP contribution in [0.1, 0.15) is 24.2 Å². The number of benzene rings is 1. The first kappa shape index (κ1) is 13.1. The molecule has 2 heterocycles. The fourth-order valence-corrected chi connectivity index (χ4v) is 2.88. The number of rotatable bonds is 3. The van der Waals surface area contributed by atoms with Gasteiger partial charge in [0.25, 0.3) is 5.91 Å². The predicted molar refractivity (Wildman–Crippen MR) is 77.9 cm³/mol. The normalized spacial score (nSPS) is 18.2. The summed E-state index contributed by atoms with van der Waals surface area (Å²) >= 11 is 1.37. The molecule has 20 heavy (non-hydrogen) atoms. The van der Waals surface area contributed by atoms with Crippen LogP contribution in [0.2, 0.25) is 0 Å². The summed E-state index contributed by atoms with van der Waals surface area (Å²) in [5, 5.41) is 5.19. The molecular weight excluding hydrogens is 274 g/mol. The lowest BCUT2D eigenvalue weighted by atomic mass is 10.1. The maximum atomic E-state index is 12.2. The van der Waals surface area contributed by atoms with Gasteiger partial charge in [-0.2, -0.15) is 0 Å². The molecule has 1 aliphatic heterocycles. The lowest BCUT2D eigenvalue weighted by Gasteiger charge is -2.09. The summed E-state index contributed by atoms with van der Waals surface area (Å²) in [6, 6.07) is 7.55.